The number of urea groups is 1. The highest BCUT2D eigenvalue weighted by Gasteiger charge is 2.18. The zero-order valence-corrected chi connectivity index (χ0v) is 17.1. The zero-order chi connectivity index (χ0) is 20.8. The van der Waals surface area contributed by atoms with Crippen LogP contribution in [0.3, 0.4) is 0 Å². The summed E-state index contributed by atoms with van der Waals surface area (Å²) in [5.41, 5.74) is 1.19. The number of amides is 2. The van der Waals surface area contributed by atoms with E-state index in [1.165, 1.54) is 16.9 Å². The second kappa shape index (κ2) is 9.31. The summed E-state index contributed by atoms with van der Waals surface area (Å²) in [5.74, 6) is 1.91. The molecule has 0 aliphatic rings. The Hall–Kier alpha value is -3.53. The van der Waals surface area contributed by atoms with E-state index < -0.39 is 0 Å². The lowest BCUT2D eigenvalue weighted by molar-refractivity contribution is 0.252. The van der Waals surface area contributed by atoms with Crippen LogP contribution >= 0.6 is 11.3 Å². The lowest BCUT2D eigenvalue weighted by Gasteiger charge is -2.11. The largest absolute Gasteiger partial charge is 0.461 e. The Kier molecular flexibility index (Phi) is 6.14. The molecule has 1 unspecified atom stereocenters. The predicted molar refractivity (Wildman–Crippen MR) is 113 cm³/mol. The van der Waals surface area contributed by atoms with Crippen molar-refractivity contribution in [3.8, 4) is 11.6 Å². The Labute approximate surface area is 177 Å². The number of aromatic nitrogens is 5. The minimum Gasteiger partial charge on any atom is -0.461 e. The van der Waals surface area contributed by atoms with Crippen molar-refractivity contribution >= 4 is 22.5 Å². The summed E-state index contributed by atoms with van der Waals surface area (Å²) in [7, 11) is 0. The molecule has 0 bridgehead atoms. The molecule has 2 amide bonds. The minimum atomic E-state index is -0.337. The molecule has 1 aromatic carbocycles. The number of carbonyl (C=O) groups excluding carboxylic acids is 1. The molecule has 4 rings (SSSR count). The predicted octanol–water partition coefficient (Wildman–Crippen LogP) is 3.82. The van der Waals surface area contributed by atoms with Gasteiger partial charge >= 0.3 is 6.03 Å². The molecule has 0 saturated carbocycles. The standard InChI is InChI=1S/C20H21N7O2S/c1-2-14(13-7-4-3-5-8-13)18-26-27-20(30-18)23-19(28)21-11-10-16-22-17(25-24-16)15-9-6-12-29-15/h3-9,12,14H,2,10-11H2,1H3,(H,22,24,25)(H2,21,23,27,28). The molecule has 0 aliphatic carbocycles. The summed E-state index contributed by atoms with van der Waals surface area (Å²) in [5, 5.41) is 22.2. The van der Waals surface area contributed by atoms with Gasteiger partial charge in [0.1, 0.15) is 10.8 Å². The molecule has 0 aliphatic heterocycles. The monoisotopic (exact) mass is 423 g/mol. The molecule has 3 heterocycles. The molecule has 0 spiro atoms. The lowest BCUT2D eigenvalue weighted by Crippen LogP contribution is -2.30. The first-order valence-corrected chi connectivity index (χ1v) is 10.4. The normalized spacial score (nSPS) is 11.9. The van der Waals surface area contributed by atoms with Gasteiger partial charge in [0.15, 0.2) is 5.76 Å². The van der Waals surface area contributed by atoms with Gasteiger partial charge in [-0.15, -0.1) is 10.2 Å². The molecule has 4 aromatic rings. The van der Waals surface area contributed by atoms with Crippen LogP contribution in [0.15, 0.2) is 53.1 Å². The van der Waals surface area contributed by atoms with E-state index in [1.807, 2.05) is 18.2 Å². The molecule has 3 N–H and O–H groups in total. The summed E-state index contributed by atoms with van der Waals surface area (Å²) in [4.78, 5) is 16.5. The quantitative estimate of drug-likeness (QED) is 0.396. The molecule has 1 atom stereocenters. The number of carbonyl (C=O) groups is 1. The topological polar surface area (TPSA) is 122 Å². The van der Waals surface area contributed by atoms with Gasteiger partial charge in [0, 0.05) is 18.9 Å². The summed E-state index contributed by atoms with van der Waals surface area (Å²) in [6, 6.07) is 13.4. The number of benzene rings is 1. The van der Waals surface area contributed by atoms with E-state index in [2.05, 4.69) is 55.1 Å². The zero-order valence-electron chi connectivity index (χ0n) is 16.3. The molecule has 9 nitrogen and oxygen atoms in total. The highest BCUT2D eigenvalue weighted by atomic mass is 32.1. The average Bonchev–Trinajstić information content (AvgIpc) is 3.51. The number of nitrogens with zero attached hydrogens (tertiary/aromatic N) is 4. The lowest BCUT2D eigenvalue weighted by atomic mass is 9.97. The Morgan fingerprint density at radius 2 is 2.07 bits per heavy atom. The molecule has 0 radical (unpaired) electrons. The van der Waals surface area contributed by atoms with E-state index in [9.17, 15) is 4.79 Å². The SMILES string of the molecule is CCC(c1ccccc1)c1nnc(NC(=O)NCCc2nc(-c3ccco3)n[nH]2)s1. The Bertz CT molecular complexity index is 1080. The second-order valence-corrected chi connectivity index (χ2v) is 7.54. The van der Waals surface area contributed by atoms with Crippen LogP contribution < -0.4 is 10.6 Å². The van der Waals surface area contributed by atoms with Crippen molar-refractivity contribution in [3.63, 3.8) is 0 Å². The fourth-order valence-corrected chi connectivity index (χ4v) is 3.97. The van der Waals surface area contributed by atoms with Crippen molar-refractivity contribution < 1.29 is 9.21 Å². The maximum Gasteiger partial charge on any atom is 0.321 e. The van der Waals surface area contributed by atoms with Crippen LogP contribution in [0.4, 0.5) is 9.93 Å². The smallest absolute Gasteiger partial charge is 0.321 e. The Morgan fingerprint density at radius 3 is 2.83 bits per heavy atom. The first-order valence-electron chi connectivity index (χ1n) is 9.61. The minimum absolute atomic E-state index is 0.164. The van der Waals surface area contributed by atoms with Crippen molar-refractivity contribution in [1.29, 1.82) is 0 Å². The molecule has 0 fully saturated rings. The van der Waals surface area contributed by atoms with Crippen LogP contribution in [0.5, 0.6) is 0 Å². The van der Waals surface area contributed by atoms with Crippen molar-refractivity contribution in [1.82, 2.24) is 30.7 Å². The van der Waals surface area contributed by atoms with E-state index >= 15 is 0 Å². The molecule has 30 heavy (non-hydrogen) atoms. The van der Waals surface area contributed by atoms with Gasteiger partial charge in [0.25, 0.3) is 0 Å². The third-order valence-corrected chi connectivity index (χ3v) is 5.44. The number of anilines is 1. The molecule has 0 saturated heterocycles. The average molecular weight is 424 g/mol. The van der Waals surface area contributed by atoms with E-state index in [0.29, 0.717) is 35.5 Å². The summed E-state index contributed by atoms with van der Waals surface area (Å²) in [6.45, 7) is 2.51. The van der Waals surface area contributed by atoms with E-state index in [0.717, 1.165) is 11.4 Å². The van der Waals surface area contributed by atoms with Gasteiger partial charge in [-0.25, -0.2) is 9.78 Å². The van der Waals surface area contributed by atoms with Crippen molar-refractivity contribution in [2.45, 2.75) is 25.7 Å². The number of nitrogens with one attached hydrogen (secondary N) is 3. The molecular weight excluding hydrogens is 402 g/mol. The second-order valence-electron chi connectivity index (χ2n) is 6.53. The van der Waals surface area contributed by atoms with Crippen LogP contribution in [0, 0.1) is 0 Å². The summed E-state index contributed by atoms with van der Waals surface area (Å²) in [6.07, 6.45) is 2.98. The molecule has 3 aromatic heterocycles. The highest BCUT2D eigenvalue weighted by molar-refractivity contribution is 7.15. The number of furan rings is 1. The van der Waals surface area contributed by atoms with Crippen molar-refractivity contribution in [3.05, 3.63) is 65.1 Å². The molecular formula is C20H21N7O2S. The fourth-order valence-electron chi connectivity index (χ4n) is 3.02. The van der Waals surface area contributed by atoms with Gasteiger partial charge in [-0.3, -0.25) is 10.4 Å². The van der Waals surface area contributed by atoms with Crippen molar-refractivity contribution in [2.24, 2.45) is 0 Å². The molecule has 154 valence electrons. The van der Waals surface area contributed by atoms with E-state index in [1.54, 1.807) is 18.4 Å². The maximum absolute atomic E-state index is 12.2. The van der Waals surface area contributed by atoms with Crippen LogP contribution in [0.1, 0.15) is 35.7 Å². The Morgan fingerprint density at radius 1 is 1.20 bits per heavy atom. The number of hydrogen-bond donors (Lipinski definition) is 3. The van der Waals surface area contributed by atoms with E-state index in [4.69, 9.17) is 4.42 Å². The number of hydrogen-bond acceptors (Lipinski definition) is 7. The van der Waals surface area contributed by atoms with Crippen LogP contribution in [-0.2, 0) is 6.42 Å². The van der Waals surface area contributed by atoms with Gasteiger partial charge < -0.3 is 9.73 Å². The van der Waals surface area contributed by atoms with Gasteiger partial charge in [-0.2, -0.15) is 5.10 Å². The first-order chi connectivity index (χ1) is 14.7. The third kappa shape index (κ3) is 4.71. The number of rotatable bonds is 8. The summed E-state index contributed by atoms with van der Waals surface area (Å²) < 4.78 is 5.26. The van der Waals surface area contributed by atoms with Crippen LogP contribution in [0.2, 0.25) is 0 Å². The van der Waals surface area contributed by atoms with E-state index in [-0.39, 0.29) is 11.9 Å². The third-order valence-electron chi connectivity index (χ3n) is 4.49. The summed E-state index contributed by atoms with van der Waals surface area (Å²) >= 11 is 1.39. The Balaban J connectivity index is 1.27. The van der Waals surface area contributed by atoms with Crippen LogP contribution in [-0.4, -0.2) is 38.0 Å². The number of H-pyrrole nitrogens is 1. The fraction of sp³-hybridized carbons (Fsp3) is 0.250. The van der Waals surface area contributed by atoms with Gasteiger partial charge in [0.05, 0.1) is 6.26 Å². The van der Waals surface area contributed by atoms with Crippen LogP contribution in [0.25, 0.3) is 11.6 Å². The maximum atomic E-state index is 12.2. The highest BCUT2D eigenvalue weighted by Crippen LogP contribution is 2.31. The van der Waals surface area contributed by atoms with Gasteiger partial charge in [0.2, 0.25) is 11.0 Å². The van der Waals surface area contributed by atoms with Gasteiger partial charge in [-0.05, 0) is 24.1 Å². The van der Waals surface area contributed by atoms with Gasteiger partial charge in [-0.1, -0.05) is 48.6 Å². The molecule has 10 heteroatoms. The first kappa shape index (κ1) is 19.8. The number of aromatic amines is 1. The van der Waals surface area contributed by atoms with Crippen molar-refractivity contribution in [2.75, 3.05) is 11.9 Å².